The third kappa shape index (κ3) is 3.29. The minimum Gasteiger partial charge on any atom is -0.389 e. The van der Waals surface area contributed by atoms with Crippen LogP contribution >= 0.6 is 11.3 Å². The summed E-state index contributed by atoms with van der Waals surface area (Å²) in [4.78, 5) is 5.96. The van der Waals surface area contributed by atoms with Gasteiger partial charge in [0.1, 0.15) is 12.4 Å². The van der Waals surface area contributed by atoms with Crippen LogP contribution in [-0.2, 0) is 11.4 Å². The molecule has 88 valence electrons. The summed E-state index contributed by atoms with van der Waals surface area (Å²) < 4.78 is 12.6. The molecule has 0 aliphatic rings. The van der Waals surface area contributed by atoms with Crippen LogP contribution in [0.5, 0.6) is 0 Å². The SMILES string of the molecule is N/C(=N\OCc1ccc(F)cc1)c1cccs1. The van der Waals surface area contributed by atoms with Crippen LogP contribution < -0.4 is 5.73 Å². The lowest BCUT2D eigenvalue weighted by molar-refractivity contribution is 0.130. The minimum atomic E-state index is -0.268. The van der Waals surface area contributed by atoms with E-state index >= 15 is 0 Å². The van der Waals surface area contributed by atoms with Crippen molar-refractivity contribution in [2.45, 2.75) is 6.61 Å². The van der Waals surface area contributed by atoms with Crippen LogP contribution in [0, 0.1) is 5.82 Å². The molecule has 0 aliphatic heterocycles. The van der Waals surface area contributed by atoms with Gasteiger partial charge in [0.15, 0.2) is 5.84 Å². The molecule has 0 bridgehead atoms. The van der Waals surface area contributed by atoms with Crippen molar-refractivity contribution in [3.8, 4) is 0 Å². The van der Waals surface area contributed by atoms with Gasteiger partial charge < -0.3 is 10.6 Å². The van der Waals surface area contributed by atoms with Crippen molar-refractivity contribution < 1.29 is 9.23 Å². The van der Waals surface area contributed by atoms with Gasteiger partial charge in [-0.1, -0.05) is 23.4 Å². The number of nitrogens with zero attached hydrogens (tertiary/aromatic N) is 1. The summed E-state index contributed by atoms with van der Waals surface area (Å²) in [6, 6.07) is 9.81. The van der Waals surface area contributed by atoms with E-state index in [0.29, 0.717) is 5.84 Å². The summed E-state index contributed by atoms with van der Waals surface area (Å²) in [5, 5.41) is 5.71. The lowest BCUT2D eigenvalue weighted by atomic mass is 10.2. The van der Waals surface area contributed by atoms with E-state index in [9.17, 15) is 4.39 Å². The highest BCUT2D eigenvalue weighted by atomic mass is 32.1. The maximum absolute atomic E-state index is 12.6. The quantitative estimate of drug-likeness (QED) is 0.515. The molecule has 0 radical (unpaired) electrons. The number of amidine groups is 1. The molecule has 0 spiro atoms. The molecule has 1 aromatic carbocycles. The third-order valence-electron chi connectivity index (χ3n) is 2.08. The van der Waals surface area contributed by atoms with Crippen LogP contribution in [-0.4, -0.2) is 5.84 Å². The van der Waals surface area contributed by atoms with E-state index in [1.54, 1.807) is 12.1 Å². The van der Waals surface area contributed by atoms with Gasteiger partial charge >= 0.3 is 0 Å². The molecule has 17 heavy (non-hydrogen) atoms. The number of benzene rings is 1. The van der Waals surface area contributed by atoms with Gasteiger partial charge in [-0.2, -0.15) is 0 Å². The first-order valence-electron chi connectivity index (χ1n) is 4.99. The van der Waals surface area contributed by atoms with Gasteiger partial charge in [-0.3, -0.25) is 0 Å². The lowest BCUT2D eigenvalue weighted by Gasteiger charge is -2.01. The fourth-order valence-corrected chi connectivity index (χ4v) is 1.85. The van der Waals surface area contributed by atoms with Crippen LogP contribution in [0.4, 0.5) is 4.39 Å². The van der Waals surface area contributed by atoms with Crippen LogP contribution in [0.2, 0.25) is 0 Å². The average Bonchev–Trinajstić information content (AvgIpc) is 2.85. The predicted octanol–water partition coefficient (Wildman–Crippen LogP) is 2.72. The molecule has 0 unspecified atom stereocenters. The third-order valence-corrected chi connectivity index (χ3v) is 2.97. The maximum atomic E-state index is 12.6. The van der Waals surface area contributed by atoms with Crippen molar-refractivity contribution in [2.24, 2.45) is 10.9 Å². The van der Waals surface area contributed by atoms with Crippen molar-refractivity contribution in [3.05, 3.63) is 58.0 Å². The topological polar surface area (TPSA) is 47.6 Å². The zero-order valence-corrected chi connectivity index (χ0v) is 9.78. The molecule has 0 saturated carbocycles. The van der Waals surface area contributed by atoms with Crippen LogP contribution in [0.15, 0.2) is 46.9 Å². The number of rotatable bonds is 4. The Bertz CT molecular complexity index is 494. The van der Waals surface area contributed by atoms with E-state index < -0.39 is 0 Å². The molecule has 1 aromatic heterocycles. The first-order valence-corrected chi connectivity index (χ1v) is 5.87. The first-order chi connectivity index (χ1) is 8.25. The van der Waals surface area contributed by atoms with Gasteiger partial charge in [0, 0.05) is 0 Å². The largest absolute Gasteiger partial charge is 0.389 e. The second kappa shape index (κ2) is 5.45. The Morgan fingerprint density at radius 2 is 2.06 bits per heavy atom. The highest BCUT2D eigenvalue weighted by Crippen LogP contribution is 2.08. The number of halogens is 1. The second-order valence-electron chi connectivity index (χ2n) is 3.35. The summed E-state index contributed by atoms with van der Waals surface area (Å²) >= 11 is 1.49. The number of oxime groups is 1. The zero-order valence-electron chi connectivity index (χ0n) is 8.97. The van der Waals surface area contributed by atoms with Crippen molar-refractivity contribution in [1.29, 1.82) is 0 Å². The van der Waals surface area contributed by atoms with Crippen LogP contribution in [0.1, 0.15) is 10.4 Å². The van der Waals surface area contributed by atoms with Crippen molar-refractivity contribution >= 4 is 17.2 Å². The summed E-state index contributed by atoms with van der Waals surface area (Å²) in [5.74, 6) is 0.0810. The Hall–Kier alpha value is -1.88. The Kier molecular flexibility index (Phi) is 3.72. The second-order valence-corrected chi connectivity index (χ2v) is 4.30. The van der Waals surface area contributed by atoms with Gasteiger partial charge in [-0.25, -0.2) is 4.39 Å². The Balaban J connectivity index is 1.91. The van der Waals surface area contributed by atoms with E-state index in [1.807, 2.05) is 17.5 Å². The first kappa shape index (κ1) is 11.6. The van der Waals surface area contributed by atoms with Gasteiger partial charge in [0.2, 0.25) is 0 Å². The van der Waals surface area contributed by atoms with Gasteiger partial charge in [-0.05, 0) is 29.1 Å². The summed E-state index contributed by atoms with van der Waals surface area (Å²) in [6.07, 6.45) is 0. The standard InChI is InChI=1S/C12H11FN2OS/c13-10-5-3-9(4-6-10)8-16-15-12(14)11-2-1-7-17-11/h1-7H,8H2,(H2,14,15). The van der Waals surface area contributed by atoms with Gasteiger partial charge in [-0.15, -0.1) is 11.3 Å². The van der Waals surface area contributed by atoms with Crippen molar-refractivity contribution in [3.63, 3.8) is 0 Å². The molecular formula is C12H11FN2OS. The monoisotopic (exact) mass is 250 g/mol. The van der Waals surface area contributed by atoms with E-state index in [1.165, 1.54) is 23.5 Å². The molecular weight excluding hydrogens is 239 g/mol. The molecule has 5 heteroatoms. The fraction of sp³-hybridized carbons (Fsp3) is 0.0833. The highest BCUT2D eigenvalue weighted by molar-refractivity contribution is 7.12. The predicted molar refractivity (Wildman–Crippen MR) is 66.2 cm³/mol. The van der Waals surface area contributed by atoms with Crippen LogP contribution in [0.3, 0.4) is 0 Å². The number of hydrogen-bond acceptors (Lipinski definition) is 3. The van der Waals surface area contributed by atoms with Crippen LogP contribution in [0.25, 0.3) is 0 Å². The normalized spacial score (nSPS) is 11.5. The molecule has 3 nitrogen and oxygen atoms in total. The fourth-order valence-electron chi connectivity index (χ4n) is 1.23. The van der Waals surface area contributed by atoms with E-state index in [-0.39, 0.29) is 12.4 Å². The zero-order chi connectivity index (χ0) is 12.1. The Labute approximate surface area is 102 Å². The van der Waals surface area contributed by atoms with E-state index in [0.717, 1.165) is 10.4 Å². The molecule has 1 heterocycles. The van der Waals surface area contributed by atoms with Crippen molar-refractivity contribution in [2.75, 3.05) is 0 Å². The summed E-state index contributed by atoms with van der Waals surface area (Å²) in [7, 11) is 0. The summed E-state index contributed by atoms with van der Waals surface area (Å²) in [5.41, 5.74) is 6.54. The summed E-state index contributed by atoms with van der Waals surface area (Å²) in [6.45, 7) is 0.270. The average molecular weight is 250 g/mol. The molecule has 2 aromatic rings. The van der Waals surface area contributed by atoms with Gasteiger partial charge in [0.05, 0.1) is 4.88 Å². The number of hydrogen-bond donors (Lipinski definition) is 1. The van der Waals surface area contributed by atoms with Gasteiger partial charge in [0.25, 0.3) is 0 Å². The maximum Gasteiger partial charge on any atom is 0.180 e. The molecule has 0 saturated heterocycles. The smallest absolute Gasteiger partial charge is 0.180 e. The number of thiophene rings is 1. The Morgan fingerprint density at radius 3 is 2.71 bits per heavy atom. The molecule has 0 amide bonds. The van der Waals surface area contributed by atoms with E-state index in [4.69, 9.17) is 10.6 Å². The molecule has 0 aliphatic carbocycles. The van der Waals surface area contributed by atoms with Crippen molar-refractivity contribution in [1.82, 2.24) is 0 Å². The molecule has 0 atom stereocenters. The highest BCUT2D eigenvalue weighted by Gasteiger charge is 1.99. The molecule has 0 fully saturated rings. The molecule has 2 rings (SSSR count). The minimum absolute atomic E-state index is 0.268. The Morgan fingerprint density at radius 1 is 1.29 bits per heavy atom. The van der Waals surface area contributed by atoms with E-state index in [2.05, 4.69) is 5.16 Å². The molecule has 2 N–H and O–H groups in total. The number of nitrogens with two attached hydrogens (primary N) is 1. The lowest BCUT2D eigenvalue weighted by Crippen LogP contribution is -2.11.